The number of aliphatic carboxylic acids is 2. The molecule has 1 aromatic carbocycles. The number of hydrogen-bond acceptors (Lipinski definition) is 4. The number of carbonyl (C=O) groups is 3. The molecule has 7 nitrogen and oxygen atoms in total. The van der Waals surface area contributed by atoms with Gasteiger partial charge in [0.1, 0.15) is 0 Å². The van der Waals surface area contributed by atoms with Crippen molar-refractivity contribution in [3.8, 4) is 0 Å². The van der Waals surface area contributed by atoms with Gasteiger partial charge in [-0.1, -0.05) is 32.0 Å². The van der Waals surface area contributed by atoms with Gasteiger partial charge >= 0.3 is 11.9 Å². The van der Waals surface area contributed by atoms with Gasteiger partial charge < -0.3 is 15.5 Å². The Bertz CT molecular complexity index is 554. The van der Waals surface area contributed by atoms with E-state index in [1.54, 1.807) is 0 Å². The van der Waals surface area contributed by atoms with Crippen molar-refractivity contribution in [2.24, 2.45) is 0 Å². The van der Waals surface area contributed by atoms with Crippen molar-refractivity contribution in [1.82, 2.24) is 4.90 Å². The average molecular weight is 421 g/mol. The molecule has 0 unspecified atom stereocenters. The Kier molecular flexibility index (Phi) is 10.1. The first-order chi connectivity index (χ1) is 10.9. The third-order valence-electron chi connectivity index (χ3n) is 3.35. The molecule has 0 fully saturated rings. The van der Waals surface area contributed by atoms with Crippen molar-refractivity contribution in [2.45, 2.75) is 26.7 Å². The molecule has 0 aromatic heterocycles. The Labute approximate surface area is 154 Å². The van der Waals surface area contributed by atoms with Crippen LogP contribution in [0.1, 0.15) is 25.0 Å². The normalized spacial score (nSPS) is 10.1. The molecule has 1 rings (SSSR count). The quantitative estimate of drug-likeness (QED) is 0.554. The number of aryl methyl sites for hydroxylation is 2. The first-order valence-electron chi connectivity index (χ1n) is 7.43. The van der Waals surface area contributed by atoms with Gasteiger partial charge in [-0.05, 0) is 24.0 Å². The van der Waals surface area contributed by atoms with Crippen LogP contribution in [0.15, 0.2) is 18.2 Å². The van der Waals surface area contributed by atoms with Crippen molar-refractivity contribution in [2.75, 3.05) is 25.0 Å². The summed E-state index contributed by atoms with van der Waals surface area (Å²) in [6, 6.07) is 5.76. The monoisotopic (exact) mass is 421 g/mol. The number of carboxylic acids is 2. The van der Waals surface area contributed by atoms with E-state index >= 15 is 0 Å². The number of nitrogens with zero attached hydrogens (tertiary/aromatic N) is 1. The third-order valence-corrected chi connectivity index (χ3v) is 3.35. The number of amides is 1. The Morgan fingerprint density at radius 1 is 0.958 bits per heavy atom. The summed E-state index contributed by atoms with van der Waals surface area (Å²) in [6.07, 6.45) is 1.49. The molecule has 0 aliphatic heterocycles. The van der Waals surface area contributed by atoms with Crippen molar-refractivity contribution in [3.63, 3.8) is 0 Å². The van der Waals surface area contributed by atoms with E-state index in [0.29, 0.717) is 0 Å². The van der Waals surface area contributed by atoms with Crippen LogP contribution in [0, 0.1) is 0 Å². The minimum absolute atomic E-state index is 0. The van der Waals surface area contributed by atoms with Gasteiger partial charge in [-0.2, -0.15) is 0 Å². The number of para-hydroxylation sites is 1. The average Bonchev–Trinajstić information content (AvgIpc) is 2.45. The second-order valence-electron chi connectivity index (χ2n) is 5.14. The number of rotatable bonds is 9. The molecular weight excluding hydrogens is 399 g/mol. The summed E-state index contributed by atoms with van der Waals surface area (Å²) >= 11 is 0. The predicted molar refractivity (Wildman–Crippen MR) is 85.5 cm³/mol. The van der Waals surface area contributed by atoms with Gasteiger partial charge in [0.15, 0.2) is 0 Å². The van der Waals surface area contributed by atoms with Gasteiger partial charge in [0, 0.05) is 25.8 Å². The first kappa shape index (κ1) is 22.2. The summed E-state index contributed by atoms with van der Waals surface area (Å²) in [5.74, 6) is -2.78. The second-order valence-corrected chi connectivity index (χ2v) is 5.14. The van der Waals surface area contributed by atoms with E-state index in [2.05, 4.69) is 5.32 Å². The van der Waals surface area contributed by atoms with E-state index in [9.17, 15) is 14.4 Å². The number of carbonyl (C=O) groups excluding carboxylic acids is 1. The van der Waals surface area contributed by atoms with Crippen molar-refractivity contribution < 1.29 is 44.7 Å². The van der Waals surface area contributed by atoms with Crippen LogP contribution in [0.5, 0.6) is 0 Å². The SMILES string of the molecule is CCc1cccc(CC)c1NC(=O)CN(CC(=O)O)CC(=O)O.[99Tc]. The van der Waals surface area contributed by atoms with Gasteiger partial charge in [-0.3, -0.25) is 19.3 Å². The number of carboxylic acid groups (broad SMARTS) is 2. The Morgan fingerprint density at radius 3 is 1.79 bits per heavy atom. The van der Waals surface area contributed by atoms with Gasteiger partial charge in [0.25, 0.3) is 0 Å². The molecule has 0 heterocycles. The second kappa shape index (κ2) is 10.9. The van der Waals surface area contributed by atoms with Crippen LogP contribution < -0.4 is 5.32 Å². The maximum absolute atomic E-state index is 12.2. The largest absolute Gasteiger partial charge is 0.480 e. The van der Waals surface area contributed by atoms with Crippen LogP contribution in [0.25, 0.3) is 0 Å². The van der Waals surface area contributed by atoms with Crippen LogP contribution >= 0.6 is 0 Å². The van der Waals surface area contributed by atoms with E-state index < -0.39 is 30.9 Å². The Morgan fingerprint density at radius 2 is 1.42 bits per heavy atom. The number of hydrogen-bond donors (Lipinski definition) is 3. The molecule has 1 amide bonds. The molecule has 0 aliphatic rings. The predicted octanol–water partition coefficient (Wildman–Crippen LogP) is 1.22. The molecule has 1 aromatic rings. The van der Waals surface area contributed by atoms with E-state index in [-0.39, 0.29) is 26.7 Å². The first-order valence-corrected chi connectivity index (χ1v) is 7.43. The molecule has 0 saturated heterocycles. The minimum atomic E-state index is -1.18. The molecule has 0 bridgehead atoms. The standard InChI is InChI=1S/C16H22N2O5.Tc/c1-3-11-6-5-7-12(4-2)16(11)17-13(19)8-18(9-14(20)21)10-15(22)23;/h5-7H,3-4,8-10H2,1-2H3,(H,17,19)(H,20,21)(H,22,23);/i;1+1. The van der Waals surface area contributed by atoms with Gasteiger partial charge in [0.2, 0.25) is 5.91 Å². The number of benzene rings is 1. The zero-order chi connectivity index (χ0) is 17.4. The van der Waals surface area contributed by atoms with Crippen LogP contribution in [0.3, 0.4) is 0 Å². The molecule has 0 aliphatic carbocycles. The van der Waals surface area contributed by atoms with E-state index in [1.807, 2.05) is 32.0 Å². The molecule has 0 spiro atoms. The van der Waals surface area contributed by atoms with E-state index in [1.165, 1.54) is 0 Å². The molecule has 0 atom stereocenters. The fourth-order valence-electron chi connectivity index (χ4n) is 2.34. The fourth-order valence-corrected chi connectivity index (χ4v) is 2.34. The molecular formula is C16H22N2O5Tc. The molecule has 3 N–H and O–H groups in total. The van der Waals surface area contributed by atoms with Crippen molar-refractivity contribution in [1.29, 1.82) is 0 Å². The topological polar surface area (TPSA) is 107 Å². The maximum Gasteiger partial charge on any atom is 0.317 e. The summed E-state index contributed by atoms with van der Waals surface area (Å²) in [4.78, 5) is 34.8. The van der Waals surface area contributed by atoms with Crippen LogP contribution in [-0.4, -0.2) is 52.6 Å². The summed E-state index contributed by atoms with van der Waals surface area (Å²) in [5, 5.41) is 20.4. The van der Waals surface area contributed by atoms with Crippen molar-refractivity contribution >= 4 is 23.5 Å². The van der Waals surface area contributed by atoms with Crippen LogP contribution in [0.4, 0.5) is 5.69 Å². The molecule has 0 saturated carbocycles. The number of nitrogens with one attached hydrogen (secondary N) is 1. The third kappa shape index (κ3) is 7.21. The fraction of sp³-hybridized carbons (Fsp3) is 0.438. The summed E-state index contributed by atoms with van der Waals surface area (Å²) in [6.45, 7) is 2.66. The van der Waals surface area contributed by atoms with Crippen LogP contribution in [-0.2, 0) is 47.3 Å². The zero-order valence-electron chi connectivity index (χ0n) is 13.7. The smallest absolute Gasteiger partial charge is 0.317 e. The summed E-state index contributed by atoms with van der Waals surface area (Å²) in [5.41, 5.74) is 2.70. The Balaban J connectivity index is 0.00000529. The maximum atomic E-state index is 12.2. The van der Waals surface area contributed by atoms with Gasteiger partial charge in [-0.25, -0.2) is 0 Å². The Hall–Kier alpha value is -1.76. The summed E-state index contributed by atoms with van der Waals surface area (Å²) < 4.78 is 0. The molecule has 1 radical (unpaired) electrons. The van der Waals surface area contributed by atoms with Crippen LogP contribution in [0.2, 0.25) is 0 Å². The molecule has 24 heavy (non-hydrogen) atoms. The summed E-state index contributed by atoms with van der Waals surface area (Å²) in [7, 11) is 0. The minimum Gasteiger partial charge on any atom is -0.480 e. The zero-order valence-corrected chi connectivity index (χ0v) is 15.6. The van der Waals surface area contributed by atoms with E-state index in [4.69, 9.17) is 10.2 Å². The van der Waals surface area contributed by atoms with Gasteiger partial charge in [-0.15, -0.1) is 0 Å². The molecule has 133 valence electrons. The van der Waals surface area contributed by atoms with E-state index in [0.717, 1.165) is 34.6 Å². The van der Waals surface area contributed by atoms with Gasteiger partial charge in [0.05, 0.1) is 19.6 Å². The number of anilines is 1. The molecule has 8 heteroatoms. The van der Waals surface area contributed by atoms with Crippen molar-refractivity contribution in [3.05, 3.63) is 29.3 Å².